The molecule has 0 radical (unpaired) electrons. The van der Waals surface area contributed by atoms with Gasteiger partial charge in [0.25, 0.3) is 10.0 Å². The van der Waals surface area contributed by atoms with Crippen molar-refractivity contribution in [1.82, 2.24) is 10.2 Å². The number of anilines is 1. The highest BCUT2D eigenvalue weighted by Gasteiger charge is 2.34. The summed E-state index contributed by atoms with van der Waals surface area (Å²) in [6.07, 6.45) is 3.84. The monoisotopic (exact) mass is 621 g/mol. The van der Waals surface area contributed by atoms with Crippen molar-refractivity contribution >= 4 is 62.3 Å². The molecule has 1 aliphatic rings. The van der Waals surface area contributed by atoms with Gasteiger partial charge in [0, 0.05) is 22.6 Å². The van der Waals surface area contributed by atoms with Gasteiger partial charge in [-0.25, -0.2) is 8.42 Å². The van der Waals surface area contributed by atoms with Crippen LogP contribution in [-0.4, -0.2) is 43.8 Å². The van der Waals surface area contributed by atoms with Crippen LogP contribution < -0.4 is 9.62 Å². The average molecular weight is 623 g/mol. The number of hydrogen-bond donors (Lipinski definition) is 1. The van der Waals surface area contributed by atoms with E-state index in [4.69, 9.17) is 34.8 Å². The normalized spacial score (nSPS) is 14.5. The van der Waals surface area contributed by atoms with E-state index in [2.05, 4.69) is 5.32 Å². The highest BCUT2D eigenvalue weighted by molar-refractivity contribution is 7.92. The van der Waals surface area contributed by atoms with E-state index in [1.54, 1.807) is 49.4 Å². The maximum Gasteiger partial charge on any atom is 0.264 e. The molecule has 2 amide bonds. The first kappa shape index (κ1) is 30.2. The number of hydrogen-bond acceptors (Lipinski definition) is 4. The Labute approximate surface area is 250 Å². The van der Waals surface area contributed by atoms with Gasteiger partial charge in [0.15, 0.2) is 0 Å². The molecule has 0 heterocycles. The Balaban J connectivity index is 1.71. The van der Waals surface area contributed by atoms with Crippen molar-refractivity contribution in [3.05, 3.63) is 93.4 Å². The smallest absolute Gasteiger partial charge is 0.264 e. The lowest BCUT2D eigenvalue weighted by Crippen LogP contribution is -2.52. The number of nitrogens with zero attached hydrogens (tertiary/aromatic N) is 2. The van der Waals surface area contributed by atoms with Crippen LogP contribution >= 0.6 is 34.8 Å². The van der Waals surface area contributed by atoms with E-state index in [1.165, 1.54) is 35.2 Å². The third kappa shape index (κ3) is 7.10. The highest BCUT2D eigenvalue weighted by Crippen LogP contribution is 2.33. The molecule has 0 spiro atoms. The quantitative estimate of drug-likeness (QED) is 0.287. The van der Waals surface area contributed by atoms with Gasteiger partial charge in [0.05, 0.1) is 15.6 Å². The minimum Gasteiger partial charge on any atom is -0.352 e. The van der Waals surface area contributed by atoms with Gasteiger partial charge >= 0.3 is 0 Å². The zero-order valence-corrected chi connectivity index (χ0v) is 25.0. The summed E-state index contributed by atoms with van der Waals surface area (Å²) in [5.41, 5.74) is 0.712. The average Bonchev–Trinajstić information content (AvgIpc) is 3.44. The van der Waals surface area contributed by atoms with Crippen molar-refractivity contribution in [2.45, 2.75) is 56.1 Å². The standard InChI is InChI=1S/C29H30Cl3N3O4S/c1-20(29(37)33-23-10-6-7-11-23)34(18-21-9-5-8-14-25(21)31)28(36)19-35(27-16-15-22(30)17-26(27)32)40(38,39)24-12-3-2-4-13-24/h2-5,8-9,12-17,20,23H,6-7,10-11,18-19H2,1H3,(H,33,37). The lowest BCUT2D eigenvalue weighted by molar-refractivity contribution is -0.139. The van der Waals surface area contributed by atoms with E-state index in [-0.39, 0.29) is 34.1 Å². The van der Waals surface area contributed by atoms with Gasteiger partial charge < -0.3 is 10.2 Å². The molecule has 7 nitrogen and oxygen atoms in total. The molecule has 4 rings (SSSR count). The Morgan fingerprint density at radius 1 is 0.925 bits per heavy atom. The molecule has 1 aliphatic carbocycles. The molecule has 11 heteroatoms. The second-order valence-electron chi connectivity index (χ2n) is 9.70. The molecule has 0 aromatic heterocycles. The van der Waals surface area contributed by atoms with Crippen molar-refractivity contribution < 1.29 is 18.0 Å². The molecule has 0 saturated heterocycles. The molecule has 0 aliphatic heterocycles. The van der Waals surface area contributed by atoms with Gasteiger partial charge in [-0.2, -0.15) is 0 Å². The summed E-state index contributed by atoms with van der Waals surface area (Å²) in [5, 5.41) is 3.84. The highest BCUT2D eigenvalue weighted by atomic mass is 35.5. The van der Waals surface area contributed by atoms with Crippen LogP contribution in [0.5, 0.6) is 0 Å². The van der Waals surface area contributed by atoms with Crippen LogP contribution in [0, 0.1) is 0 Å². The predicted octanol–water partition coefficient (Wildman–Crippen LogP) is 6.32. The van der Waals surface area contributed by atoms with Crippen molar-refractivity contribution in [3.63, 3.8) is 0 Å². The van der Waals surface area contributed by atoms with E-state index in [9.17, 15) is 18.0 Å². The maximum absolute atomic E-state index is 14.0. The van der Waals surface area contributed by atoms with Crippen LogP contribution in [0.1, 0.15) is 38.2 Å². The molecule has 3 aromatic carbocycles. The fraction of sp³-hybridized carbons (Fsp3) is 0.310. The Kier molecular flexibility index (Phi) is 10.0. The van der Waals surface area contributed by atoms with Crippen molar-refractivity contribution in [2.24, 2.45) is 0 Å². The minimum atomic E-state index is -4.23. The Hall–Kier alpha value is -2.78. The topological polar surface area (TPSA) is 86.8 Å². The molecular weight excluding hydrogens is 593 g/mol. The first-order valence-corrected chi connectivity index (χ1v) is 15.5. The summed E-state index contributed by atoms with van der Waals surface area (Å²) >= 11 is 18.9. The predicted molar refractivity (Wildman–Crippen MR) is 159 cm³/mol. The number of rotatable bonds is 10. The first-order valence-electron chi connectivity index (χ1n) is 12.9. The van der Waals surface area contributed by atoms with Gasteiger partial charge in [0.1, 0.15) is 12.6 Å². The lowest BCUT2D eigenvalue weighted by atomic mass is 10.1. The number of halogens is 3. The van der Waals surface area contributed by atoms with E-state index in [0.29, 0.717) is 15.6 Å². The van der Waals surface area contributed by atoms with Gasteiger partial charge in [-0.3, -0.25) is 13.9 Å². The van der Waals surface area contributed by atoms with E-state index in [0.717, 1.165) is 30.0 Å². The largest absolute Gasteiger partial charge is 0.352 e. The van der Waals surface area contributed by atoms with Crippen LogP contribution in [0.15, 0.2) is 77.7 Å². The second kappa shape index (κ2) is 13.3. The lowest BCUT2D eigenvalue weighted by Gasteiger charge is -2.33. The maximum atomic E-state index is 14.0. The molecular formula is C29H30Cl3N3O4S. The van der Waals surface area contributed by atoms with Crippen molar-refractivity contribution in [3.8, 4) is 0 Å². The number of carbonyl (C=O) groups excluding carboxylic acids is 2. The van der Waals surface area contributed by atoms with Crippen LogP contribution in [0.3, 0.4) is 0 Å². The van der Waals surface area contributed by atoms with Crippen molar-refractivity contribution in [2.75, 3.05) is 10.8 Å². The van der Waals surface area contributed by atoms with Gasteiger partial charge in [-0.05, 0) is 61.7 Å². The second-order valence-corrected chi connectivity index (χ2v) is 12.8. The number of carbonyl (C=O) groups is 2. The fourth-order valence-electron chi connectivity index (χ4n) is 4.70. The Morgan fingerprint density at radius 3 is 2.23 bits per heavy atom. The zero-order chi connectivity index (χ0) is 28.9. The van der Waals surface area contributed by atoms with Crippen LogP contribution in [0.25, 0.3) is 0 Å². The summed E-state index contributed by atoms with van der Waals surface area (Å²) in [6, 6.07) is 18.3. The number of amides is 2. The SMILES string of the molecule is CC(C(=O)NC1CCCC1)N(Cc1ccccc1Cl)C(=O)CN(c1ccc(Cl)cc1Cl)S(=O)(=O)c1ccccc1. The van der Waals surface area contributed by atoms with E-state index in [1.807, 2.05) is 0 Å². The summed E-state index contributed by atoms with van der Waals surface area (Å²) in [6.45, 7) is 1.03. The van der Waals surface area contributed by atoms with E-state index >= 15 is 0 Å². The molecule has 40 heavy (non-hydrogen) atoms. The number of benzene rings is 3. The van der Waals surface area contributed by atoms with E-state index < -0.39 is 28.5 Å². The number of sulfonamides is 1. The molecule has 1 fully saturated rings. The van der Waals surface area contributed by atoms with Crippen molar-refractivity contribution in [1.29, 1.82) is 0 Å². The third-order valence-electron chi connectivity index (χ3n) is 6.96. The summed E-state index contributed by atoms with van der Waals surface area (Å²) in [4.78, 5) is 28.6. The fourth-order valence-corrected chi connectivity index (χ4v) is 6.91. The summed E-state index contributed by atoms with van der Waals surface area (Å²) in [5.74, 6) is -0.909. The molecule has 1 atom stereocenters. The molecule has 1 saturated carbocycles. The molecule has 212 valence electrons. The first-order chi connectivity index (χ1) is 19.1. The Morgan fingerprint density at radius 2 is 1.57 bits per heavy atom. The molecule has 0 bridgehead atoms. The summed E-state index contributed by atoms with van der Waals surface area (Å²) < 4.78 is 28.6. The van der Waals surface area contributed by atoms with Crippen LogP contribution in [0.4, 0.5) is 5.69 Å². The van der Waals surface area contributed by atoms with Gasteiger partial charge in [-0.15, -0.1) is 0 Å². The number of nitrogens with one attached hydrogen (secondary N) is 1. The summed E-state index contributed by atoms with van der Waals surface area (Å²) in [7, 11) is -4.23. The van der Waals surface area contributed by atoms with Gasteiger partial charge in [0.2, 0.25) is 11.8 Å². The molecule has 1 unspecified atom stereocenters. The third-order valence-corrected chi connectivity index (χ3v) is 9.64. The Bertz CT molecular complexity index is 1460. The van der Waals surface area contributed by atoms with Gasteiger partial charge in [-0.1, -0.05) is 84.0 Å². The van der Waals surface area contributed by atoms with Crippen LogP contribution in [0.2, 0.25) is 15.1 Å². The molecule has 3 aromatic rings. The molecule has 1 N–H and O–H groups in total. The zero-order valence-electron chi connectivity index (χ0n) is 21.9. The minimum absolute atomic E-state index is 0.00529. The van der Waals surface area contributed by atoms with Crippen LogP contribution in [-0.2, 0) is 26.2 Å².